The van der Waals surface area contributed by atoms with Crippen LogP contribution in [0.4, 0.5) is 5.69 Å². The zero-order chi connectivity index (χ0) is 19.5. The highest BCUT2D eigenvalue weighted by atomic mass is 32.2. The molecule has 28 heavy (non-hydrogen) atoms. The molecule has 0 bridgehead atoms. The molecule has 3 aromatic rings. The van der Waals surface area contributed by atoms with E-state index in [9.17, 15) is 4.79 Å². The van der Waals surface area contributed by atoms with Gasteiger partial charge in [-0.2, -0.15) is 4.68 Å². The van der Waals surface area contributed by atoms with Crippen LogP contribution in [-0.2, 0) is 4.79 Å². The normalized spacial score (nSPS) is 13.2. The van der Waals surface area contributed by atoms with Crippen molar-refractivity contribution in [3.05, 3.63) is 42.5 Å². The highest BCUT2D eigenvalue weighted by Gasteiger charge is 2.21. The number of nitrogens with one attached hydrogen (secondary N) is 1. The minimum absolute atomic E-state index is 0.173. The van der Waals surface area contributed by atoms with Gasteiger partial charge in [0.1, 0.15) is 5.75 Å². The number of hydrogen-bond donors (Lipinski definition) is 1. The molecular formula is C18H17N5O4S. The molecule has 9 nitrogen and oxygen atoms in total. The zero-order valence-corrected chi connectivity index (χ0v) is 16.0. The Kier molecular flexibility index (Phi) is 5.02. The molecular weight excluding hydrogens is 382 g/mol. The summed E-state index contributed by atoms with van der Waals surface area (Å²) in [4.78, 5) is 12.6. The largest absolute Gasteiger partial charge is 0.497 e. The number of amides is 1. The molecule has 0 radical (unpaired) electrons. The molecule has 1 aliphatic heterocycles. The van der Waals surface area contributed by atoms with Crippen molar-refractivity contribution in [2.24, 2.45) is 0 Å². The molecule has 1 N–H and O–H groups in total. The number of rotatable bonds is 6. The Morgan fingerprint density at radius 2 is 2.00 bits per heavy atom. The number of carbonyl (C=O) groups excluding carboxylic acids is 1. The number of ether oxygens (including phenoxy) is 3. The summed E-state index contributed by atoms with van der Waals surface area (Å²) in [5.74, 6) is 1.84. The molecule has 0 saturated carbocycles. The predicted molar refractivity (Wildman–Crippen MR) is 102 cm³/mol. The summed E-state index contributed by atoms with van der Waals surface area (Å²) in [6.45, 7) is 1.98. The summed E-state index contributed by atoms with van der Waals surface area (Å²) in [6.07, 6.45) is 0. The summed E-state index contributed by atoms with van der Waals surface area (Å²) in [7, 11) is 1.60. The number of nitrogens with zero attached hydrogens (tertiary/aromatic N) is 4. The van der Waals surface area contributed by atoms with Gasteiger partial charge >= 0.3 is 0 Å². The SMILES string of the molecule is COc1ccc(-n2nnnc2S[C@@H](C)C(=O)Nc2ccc3c(c2)OCO3)cc1. The van der Waals surface area contributed by atoms with Gasteiger partial charge in [-0.1, -0.05) is 11.8 Å². The molecule has 0 saturated heterocycles. The molecule has 0 unspecified atom stereocenters. The average Bonchev–Trinajstić information content (AvgIpc) is 3.37. The molecule has 0 spiro atoms. The number of carbonyl (C=O) groups is 1. The third-order valence-electron chi connectivity index (χ3n) is 4.05. The molecule has 1 atom stereocenters. The molecule has 10 heteroatoms. The van der Waals surface area contributed by atoms with Gasteiger partial charge in [-0.3, -0.25) is 4.79 Å². The Bertz CT molecular complexity index is 992. The van der Waals surface area contributed by atoms with Crippen LogP contribution in [0.15, 0.2) is 47.6 Å². The molecule has 2 heterocycles. The lowest BCUT2D eigenvalue weighted by atomic mass is 10.2. The number of anilines is 1. The first-order valence-corrected chi connectivity index (χ1v) is 9.32. The van der Waals surface area contributed by atoms with Gasteiger partial charge in [0.05, 0.1) is 18.0 Å². The summed E-state index contributed by atoms with van der Waals surface area (Å²) in [5, 5.41) is 14.7. The van der Waals surface area contributed by atoms with E-state index in [1.165, 1.54) is 11.8 Å². The lowest BCUT2D eigenvalue weighted by Crippen LogP contribution is -2.22. The van der Waals surface area contributed by atoms with E-state index in [0.29, 0.717) is 22.3 Å². The van der Waals surface area contributed by atoms with Gasteiger partial charge in [-0.15, -0.1) is 5.10 Å². The molecule has 1 amide bonds. The lowest BCUT2D eigenvalue weighted by molar-refractivity contribution is -0.115. The summed E-state index contributed by atoms with van der Waals surface area (Å²) in [5.41, 5.74) is 1.41. The van der Waals surface area contributed by atoms with Gasteiger partial charge in [-0.05, 0) is 53.7 Å². The van der Waals surface area contributed by atoms with E-state index in [2.05, 4.69) is 20.8 Å². The molecule has 144 valence electrons. The second-order valence-electron chi connectivity index (χ2n) is 5.89. The highest BCUT2D eigenvalue weighted by Crippen LogP contribution is 2.34. The van der Waals surface area contributed by atoms with Crippen LogP contribution in [0, 0.1) is 0 Å². The molecule has 1 aromatic heterocycles. The minimum atomic E-state index is -0.423. The lowest BCUT2D eigenvalue weighted by Gasteiger charge is -2.12. The van der Waals surface area contributed by atoms with Crippen LogP contribution in [0.25, 0.3) is 5.69 Å². The first kappa shape index (κ1) is 18.1. The number of methoxy groups -OCH3 is 1. The number of benzene rings is 2. The first-order valence-electron chi connectivity index (χ1n) is 8.44. The Hall–Kier alpha value is -3.27. The van der Waals surface area contributed by atoms with Crippen LogP contribution >= 0.6 is 11.8 Å². The fourth-order valence-corrected chi connectivity index (χ4v) is 3.38. The third kappa shape index (κ3) is 3.72. The van der Waals surface area contributed by atoms with Gasteiger partial charge in [0.15, 0.2) is 11.5 Å². The van der Waals surface area contributed by atoms with Crippen LogP contribution in [-0.4, -0.2) is 45.3 Å². The van der Waals surface area contributed by atoms with E-state index < -0.39 is 5.25 Å². The Morgan fingerprint density at radius 1 is 1.21 bits per heavy atom. The first-order chi connectivity index (χ1) is 13.6. The maximum atomic E-state index is 12.6. The number of thioether (sulfide) groups is 1. The summed E-state index contributed by atoms with van der Waals surface area (Å²) >= 11 is 1.26. The topological polar surface area (TPSA) is 100 Å². The van der Waals surface area contributed by atoms with Crippen molar-refractivity contribution >= 4 is 23.4 Å². The van der Waals surface area contributed by atoms with E-state index in [-0.39, 0.29) is 12.7 Å². The van der Waals surface area contributed by atoms with Crippen molar-refractivity contribution in [1.29, 1.82) is 0 Å². The summed E-state index contributed by atoms with van der Waals surface area (Å²) in [6, 6.07) is 12.6. The second kappa shape index (κ2) is 7.77. The number of tetrazole rings is 1. The summed E-state index contributed by atoms with van der Waals surface area (Å²) < 4.78 is 17.3. The van der Waals surface area contributed by atoms with Gasteiger partial charge in [0.25, 0.3) is 0 Å². The Morgan fingerprint density at radius 3 is 2.79 bits per heavy atom. The van der Waals surface area contributed by atoms with Crippen molar-refractivity contribution in [3.8, 4) is 22.9 Å². The van der Waals surface area contributed by atoms with Crippen molar-refractivity contribution in [2.45, 2.75) is 17.3 Å². The number of hydrogen-bond acceptors (Lipinski definition) is 8. The van der Waals surface area contributed by atoms with Crippen molar-refractivity contribution in [2.75, 3.05) is 19.2 Å². The van der Waals surface area contributed by atoms with E-state index >= 15 is 0 Å². The van der Waals surface area contributed by atoms with E-state index in [1.54, 1.807) is 36.9 Å². The van der Waals surface area contributed by atoms with Crippen molar-refractivity contribution < 1.29 is 19.0 Å². The molecule has 0 fully saturated rings. The monoisotopic (exact) mass is 399 g/mol. The van der Waals surface area contributed by atoms with Crippen molar-refractivity contribution in [1.82, 2.24) is 20.2 Å². The highest BCUT2D eigenvalue weighted by molar-refractivity contribution is 8.00. The maximum Gasteiger partial charge on any atom is 0.237 e. The number of aromatic nitrogens is 4. The van der Waals surface area contributed by atoms with Gasteiger partial charge in [0.2, 0.25) is 17.9 Å². The van der Waals surface area contributed by atoms with Crippen LogP contribution in [0.3, 0.4) is 0 Å². The average molecular weight is 399 g/mol. The molecule has 2 aromatic carbocycles. The van der Waals surface area contributed by atoms with Crippen LogP contribution in [0.1, 0.15) is 6.92 Å². The van der Waals surface area contributed by atoms with Gasteiger partial charge in [0, 0.05) is 11.8 Å². The predicted octanol–water partition coefficient (Wildman–Crippen LogP) is 2.52. The molecule has 1 aliphatic rings. The second-order valence-corrected chi connectivity index (χ2v) is 7.20. The Labute approximate surface area is 165 Å². The fourth-order valence-electron chi connectivity index (χ4n) is 2.57. The fraction of sp³-hybridized carbons (Fsp3) is 0.222. The maximum absolute atomic E-state index is 12.6. The quantitative estimate of drug-likeness (QED) is 0.631. The Balaban J connectivity index is 1.44. The zero-order valence-electron chi connectivity index (χ0n) is 15.2. The van der Waals surface area contributed by atoms with E-state index in [4.69, 9.17) is 14.2 Å². The van der Waals surface area contributed by atoms with Crippen LogP contribution in [0.5, 0.6) is 17.2 Å². The van der Waals surface area contributed by atoms with Crippen LogP contribution in [0.2, 0.25) is 0 Å². The smallest absolute Gasteiger partial charge is 0.237 e. The van der Waals surface area contributed by atoms with E-state index in [0.717, 1.165) is 11.4 Å². The molecule has 0 aliphatic carbocycles. The standard InChI is InChI=1S/C18H17N5O4S/c1-11(17(24)19-12-3-8-15-16(9-12)27-10-26-15)28-18-20-21-22-23(18)13-4-6-14(25-2)7-5-13/h3-9,11H,10H2,1-2H3,(H,19,24)/t11-/m0/s1. The van der Waals surface area contributed by atoms with Gasteiger partial charge < -0.3 is 19.5 Å². The van der Waals surface area contributed by atoms with E-state index in [1.807, 2.05) is 24.3 Å². The van der Waals surface area contributed by atoms with Gasteiger partial charge in [-0.25, -0.2) is 0 Å². The molecule has 4 rings (SSSR count). The third-order valence-corrected chi connectivity index (χ3v) is 5.08. The minimum Gasteiger partial charge on any atom is -0.497 e. The van der Waals surface area contributed by atoms with Crippen molar-refractivity contribution in [3.63, 3.8) is 0 Å². The number of fused-ring (bicyclic) bond motifs is 1. The van der Waals surface area contributed by atoms with Crippen LogP contribution < -0.4 is 19.5 Å².